The molecule has 0 aliphatic heterocycles. The molecule has 7 nitrogen and oxygen atoms in total. The van der Waals surface area contributed by atoms with Crippen molar-refractivity contribution in [3.8, 4) is 5.13 Å². The Balaban J connectivity index is 1.99. The van der Waals surface area contributed by atoms with E-state index in [0.29, 0.717) is 23.4 Å². The molecule has 0 unspecified atom stereocenters. The maximum atomic E-state index is 10.9. The highest BCUT2D eigenvalue weighted by Crippen LogP contribution is 2.41. The van der Waals surface area contributed by atoms with E-state index in [-0.39, 0.29) is 0 Å². The number of aldehydes is 1. The molecule has 3 rings (SSSR count). The zero-order valence-electron chi connectivity index (χ0n) is 9.74. The number of carbonyl (C=O) groups is 1. The third-order valence-corrected chi connectivity index (χ3v) is 3.59. The van der Waals surface area contributed by atoms with Gasteiger partial charge in [-0.05, 0) is 12.8 Å². The molecule has 2 heterocycles. The van der Waals surface area contributed by atoms with E-state index >= 15 is 0 Å². The summed E-state index contributed by atoms with van der Waals surface area (Å²) in [5.41, 5.74) is 1.26. The molecule has 2 aromatic rings. The van der Waals surface area contributed by atoms with E-state index in [0.717, 1.165) is 29.8 Å². The van der Waals surface area contributed by atoms with E-state index in [4.69, 9.17) is 4.74 Å². The molecule has 0 spiro atoms. The Labute approximate surface area is 107 Å². The number of hydrogen-bond donors (Lipinski definition) is 0. The summed E-state index contributed by atoms with van der Waals surface area (Å²) in [7, 11) is 1.61. The molecule has 1 aliphatic carbocycles. The van der Waals surface area contributed by atoms with Crippen LogP contribution >= 0.6 is 11.3 Å². The van der Waals surface area contributed by atoms with Crippen molar-refractivity contribution in [3.63, 3.8) is 0 Å². The molecule has 2 aromatic heterocycles. The third kappa shape index (κ3) is 1.93. The molecule has 1 aliphatic rings. The molecular formula is C10H11N5O2S. The summed E-state index contributed by atoms with van der Waals surface area (Å²) in [6, 6.07) is 0. The Bertz CT molecular complexity index is 575. The van der Waals surface area contributed by atoms with Crippen LogP contribution in [0.15, 0.2) is 0 Å². The van der Waals surface area contributed by atoms with Gasteiger partial charge in [-0.25, -0.2) is 0 Å². The summed E-state index contributed by atoms with van der Waals surface area (Å²) in [6.45, 7) is 0.422. The van der Waals surface area contributed by atoms with Gasteiger partial charge in [-0.15, -0.1) is 15.3 Å². The van der Waals surface area contributed by atoms with E-state index in [2.05, 4.69) is 20.5 Å². The first-order valence-electron chi connectivity index (χ1n) is 5.56. The van der Waals surface area contributed by atoms with Gasteiger partial charge < -0.3 is 4.74 Å². The molecule has 1 saturated carbocycles. The van der Waals surface area contributed by atoms with Crippen molar-refractivity contribution >= 4 is 17.6 Å². The summed E-state index contributed by atoms with van der Waals surface area (Å²) >= 11 is 1.39. The van der Waals surface area contributed by atoms with Crippen LogP contribution in [0.25, 0.3) is 5.13 Å². The Morgan fingerprint density at radius 3 is 2.94 bits per heavy atom. The highest BCUT2D eigenvalue weighted by Gasteiger charge is 2.32. The minimum atomic E-state index is 0.370. The number of carbonyl (C=O) groups excluding carboxylic acids is 1. The predicted octanol–water partition coefficient (Wildman–Crippen LogP) is 0.955. The molecule has 0 bridgehead atoms. The molecule has 0 radical (unpaired) electrons. The van der Waals surface area contributed by atoms with Crippen molar-refractivity contribution in [1.29, 1.82) is 0 Å². The fourth-order valence-electron chi connectivity index (χ4n) is 1.78. The number of ether oxygens (including phenoxy) is 1. The number of rotatable bonds is 5. The minimum Gasteiger partial charge on any atom is -0.377 e. The average molecular weight is 265 g/mol. The van der Waals surface area contributed by atoms with Crippen LogP contribution < -0.4 is 0 Å². The summed E-state index contributed by atoms with van der Waals surface area (Å²) in [4.78, 5) is 10.9. The SMILES string of the molecule is COCc1nnc(-n2nnc(C=O)c2C2CC2)s1. The predicted molar refractivity (Wildman–Crippen MR) is 62.9 cm³/mol. The fourth-order valence-corrected chi connectivity index (χ4v) is 2.55. The van der Waals surface area contributed by atoms with E-state index in [9.17, 15) is 4.79 Å². The Kier molecular flexibility index (Phi) is 2.88. The van der Waals surface area contributed by atoms with Gasteiger partial charge in [0, 0.05) is 13.0 Å². The quantitative estimate of drug-likeness (QED) is 0.749. The Morgan fingerprint density at radius 2 is 2.28 bits per heavy atom. The second kappa shape index (κ2) is 4.54. The summed E-state index contributed by atoms with van der Waals surface area (Å²) in [5, 5.41) is 17.3. The lowest BCUT2D eigenvalue weighted by atomic mass is 10.2. The monoisotopic (exact) mass is 265 g/mol. The summed E-state index contributed by atoms with van der Waals surface area (Å²) in [5.74, 6) is 0.370. The maximum Gasteiger partial charge on any atom is 0.234 e. The van der Waals surface area contributed by atoms with Gasteiger partial charge in [0.15, 0.2) is 6.29 Å². The van der Waals surface area contributed by atoms with E-state index in [1.54, 1.807) is 11.8 Å². The van der Waals surface area contributed by atoms with Crippen molar-refractivity contribution in [3.05, 3.63) is 16.4 Å². The van der Waals surface area contributed by atoms with Gasteiger partial charge >= 0.3 is 0 Å². The van der Waals surface area contributed by atoms with Gasteiger partial charge in [0.1, 0.15) is 17.3 Å². The lowest BCUT2D eigenvalue weighted by molar-refractivity contribution is 0.111. The molecule has 94 valence electrons. The standard InChI is InChI=1S/C10H11N5O2S/c1-17-5-8-12-13-10(18-8)15-9(6-2-3-6)7(4-16)11-14-15/h4,6H,2-3,5H2,1H3. The van der Waals surface area contributed by atoms with Crippen molar-refractivity contribution in [1.82, 2.24) is 25.2 Å². The zero-order valence-corrected chi connectivity index (χ0v) is 10.6. The zero-order chi connectivity index (χ0) is 12.5. The topological polar surface area (TPSA) is 82.8 Å². The first-order chi connectivity index (χ1) is 8.83. The van der Waals surface area contributed by atoms with Gasteiger partial charge in [-0.3, -0.25) is 4.79 Å². The van der Waals surface area contributed by atoms with Crippen molar-refractivity contribution < 1.29 is 9.53 Å². The molecule has 0 aromatic carbocycles. The van der Waals surface area contributed by atoms with Crippen LogP contribution in [0, 0.1) is 0 Å². The Morgan fingerprint density at radius 1 is 1.44 bits per heavy atom. The van der Waals surface area contributed by atoms with Crippen LogP contribution in [-0.4, -0.2) is 38.6 Å². The minimum absolute atomic E-state index is 0.370. The van der Waals surface area contributed by atoms with Gasteiger partial charge in [-0.2, -0.15) is 4.68 Å². The molecule has 0 N–H and O–H groups in total. The van der Waals surface area contributed by atoms with Crippen molar-refractivity contribution in [2.45, 2.75) is 25.4 Å². The van der Waals surface area contributed by atoms with Crippen molar-refractivity contribution in [2.75, 3.05) is 7.11 Å². The average Bonchev–Trinajstić information content (AvgIpc) is 2.96. The van der Waals surface area contributed by atoms with E-state index < -0.39 is 0 Å². The second-order valence-corrected chi connectivity index (χ2v) is 5.12. The normalized spacial score (nSPS) is 14.9. The molecule has 0 amide bonds. The number of aromatic nitrogens is 5. The van der Waals surface area contributed by atoms with Gasteiger partial charge in [0.25, 0.3) is 0 Å². The number of methoxy groups -OCH3 is 1. The largest absolute Gasteiger partial charge is 0.377 e. The molecule has 0 atom stereocenters. The summed E-state index contributed by atoms with van der Waals surface area (Å²) in [6.07, 6.45) is 2.88. The van der Waals surface area contributed by atoms with Crippen LogP contribution in [0.3, 0.4) is 0 Å². The first kappa shape index (κ1) is 11.4. The Hall–Kier alpha value is -1.67. The lowest BCUT2D eigenvalue weighted by Gasteiger charge is -1.99. The van der Waals surface area contributed by atoms with Gasteiger partial charge in [0.05, 0.1) is 5.69 Å². The molecule has 0 saturated heterocycles. The second-order valence-electron chi connectivity index (χ2n) is 4.08. The van der Waals surface area contributed by atoms with Crippen LogP contribution in [0.1, 0.15) is 39.9 Å². The molecule has 8 heteroatoms. The van der Waals surface area contributed by atoms with Crippen LogP contribution in [-0.2, 0) is 11.3 Å². The molecule has 18 heavy (non-hydrogen) atoms. The smallest absolute Gasteiger partial charge is 0.234 e. The van der Waals surface area contributed by atoms with E-state index in [1.807, 2.05) is 0 Å². The van der Waals surface area contributed by atoms with Crippen LogP contribution in [0.4, 0.5) is 0 Å². The van der Waals surface area contributed by atoms with Crippen LogP contribution in [0.2, 0.25) is 0 Å². The highest BCUT2D eigenvalue weighted by molar-refractivity contribution is 7.13. The summed E-state index contributed by atoms with van der Waals surface area (Å²) < 4.78 is 6.62. The number of nitrogens with zero attached hydrogens (tertiary/aromatic N) is 5. The highest BCUT2D eigenvalue weighted by atomic mass is 32.1. The van der Waals surface area contributed by atoms with Crippen LogP contribution in [0.5, 0.6) is 0 Å². The maximum absolute atomic E-state index is 10.9. The lowest BCUT2D eigenvalue weighted by Crippen LogP contribution is -2.02. The van der Waals surface area contributed by atoms with E-state index in [1.165, 1.54) is 11.3 Å². The molecular weight excluding hydrogens is 254 g/mol. The van der Waals surface area contributed by atoms with Gasteiger partial charge in [0.2, 0.25) is 5.13 Å². The number of hydrogen-bond acceptors (Lipinski definition) is 7. The molecule has 1 fully saturated rings. The first-order valence-corrected chi connectivity index (χ1v) is 6.37. The fraction of sp³-hybridized carbons (Fsp3) is 0.500. The van der Waals surface area contributed by atoms with Crippen molar-refractivity contribution in [2.24, 2.45) is 0 Å². The third-order valence-electron chi connectivity index (χ3n) is 2.71. The van der Waals surface area contributed by atoms with Gasteiger partial charge in [-0.1, -0.05) is 16.6 Å².